The summed E-state index contributed by atoms with van der Waals surface area (Å²) >= 11 is 0. The van der Waals surface area contributed by atoms with Crippen molar-refractivity contribution in [3.8, 4) is 0 Å². The number of hydrogen-bond acceptors (Lipinski definition) is 4. The Labute approximate surface area is 129 Å². The van der Waals surface area contributed by atoms with Gasteiger partial charge in [0.2, 0.25) is 17.6 Å². The summed E-state index contributed by atoms with van der Waals surface area (Å²) in [5.74, 6) is -5.11. The molecule has 2 heterocycles. The van der Waals surface area contributed by atoms with E-state index in [4.69, 9.17) is 4.52 Å². The van der Waals surface area contributed by atoms with E-state index in [1.54, 1.807) is 6.92 Å². The average molecular weight is 325 g/mol. The molecule has 1 N–H and O–H groups in total. The van der Waals surface area contributed by atoms with Crippen molar-refractivity contribution >= 4 is 5.91 Å². The van der Waals surface area contributed by atoms with E-state index in [9.17, 15) is 18.0 Å². The Hall–Kier alpha value is -2.38. The minimum absolute atomic E-state index is 0.00383. The molecular formula is C15H14F3N3O2. The average Bonchev–Trinajstić information content (AvgIpc) is 2.99. The number of benzene rings is 1. The Balaban J connectivity index is 1.91. The molecule has 1 atom stereocenters. The molecule has 0 radical (unpaired) electrons. The van der Waals surface area contributed by atoms with Gasteiger partial charge in [-0.15, -0.1) is 0 Å². The summed E-state index contributed by atoms with van der Waals surface area (Å²) in [7, 11) is 0. The van der Waals surface area contributed by atoms with Crippen LogP contribution in [0.25, 0.3) is 0 Å². The quantitative estimate of drug-likeness (QED) is 0.941. The van der Waals surface area contributed by atoms with Crippen LogP contribution in [0.5, 0.6) is 0 Å². The van der Waals surface area contributed by atoms with Crippen LogP contribution in [-0.4, -0.2) is 22.6 Å². The van der Waals surface area contributed by atoms with Crippen LogP contribution in [0.15, 0.2) is 28.8 Å². The monoisotopic (exact) mass is 325 g/mol. The maximum Gasteiger partial charge on any atom is 0.335 e. The Morgan fingerprint density at radius 3 is 2.65 bits per heavy atom. The van der Waals surface area contributed by atoms with Gasteiger partial charge in [-0.05, 0) is 30.7 Å². The molecule has 2 aromatic rings. The maximum atomic E-state index is 14.4. The van der Waals surface area contributed by atoms with Crippen LogP contribution in [0.2, 0.25) is 0 Å². The third-order valence-corrected chi connectivity index (χ3v) is 3.98. The second kappa shape index (κ2) is 5.36. The molecule has 1 aliphatic rings. The van der Waals surface area contributed by atoms with Gasteiger partial charge in [-0.1, -0.05) is 12.1 Å². The first-order valence-corrected chi connectivity index (χ1v) is 7.06. The van der Waals surface area contributed by atoms with E-state index in [1.807, 2.05) is 0 Å². The largest absolute Gasteiger partial charge is 0.356 e. The summed E-state index contributed by atoms with van der Waals surface area (Å²) < 4.78 is 46.7. The summed E-state index contributed by atoms with van der Waals surface area (Å²) in [6.45, 7) is 2.14. The highest BCUT2D eigenvalue weighted by Gasteiger charge is 2.43. The Bertz CT molecular complexity index is 730. The molecule has 8 heteroatoms. The first kappa shape index (κ1) is 15.5. The number of nitrogens with one attached hydrogen (secondary N) is 1. The van der Waals surface area contributed by atoms with Crippen molar-refractivity contribution in [2.24, 2.45) is 0 Å². The lowest BCUT2D eigenvalue weighted by Gasteiger charge is -2.29. The standard InChI is InChI=1S/C15H14F3N3O2/c1-14(6-7-19-11(22)8-14)13-20-12(21-23-13)15(17,18)9-2-4-10(16)5-3-9/h2-5H,6-8H2,1H3,(H,19,22)/t14-/m0/s1. The zero-order valence-corrected chi connectivity index (χ0v) is 12.3. The first-order valence-electron chi connectivity index (χ1n) is 7.06. The molecule has 0 bridgehead atoms. The molecular weight excluding hydrogens is 311 g/mol. The Morgan fingerprint density at radius 2 is 2.00 bits per heavy atom. The van der Waals surface area contributed by atoms with Gasteiger partial charge in [0.25, 0.3) is 0 Å². The predicted octanol–water partition coefficient (Wildman–Crippen LogP) is 2.52. The number of carbonyl (C=O) groups is 1. The lowest BCUT2D eigenvalue weighted by Crippen LogP contribution is -2.42. The van der Waals surface area contributed by atoms with Crippen LogP contribution in [0.4, 0.5) is 13.2 Å². The molecule has 1 saturated heterocycles. The van der Waals surface area contributed by atoms with Crippen LogP contribution in [0.1, 0.15) is 37.0 Å². The molecule has 5 nitrogen and oxygen atoms in total. The number of nitrogens with zero attached hydrogens (tertiary/aromatic N) is 2. The third-order valence-electron chi connectivity index (χ3n) is 3.98. The fourth-order valence-corrected chi connectivity index (χ4v) is 2.55. The number of rotatable bonds is 3. The van der Waals surface area contributed by atoms with Gasteiger partial charge in [-0.3, -0.25) is 4.79 Å². The van der Waals surface area contributed by atoms with Gasteiger partial charge in [-0.25, -0.2) is 4.39 Å². The molecule has 23 heavy (non-hydrogen) atoms. The fraction of sp³-hybridized carbons (Fsp3) is 0.400. The second-order valence-electron chi connectivity index (χ2n) is 5.84. The molecule has 1 amide bonds. The van der Waals surface area contributed by atoms with E-state index in [0.29, 0.717) is 13.0 Å². The highest BCUT2D eigenvalue weighted by molar-refractivity contribution is 5.78. The number of carbonyl (C=O) groups excluding carboxylic acids is 1. The van der Waals surface area contributed by atoms with Gasteiger partial charge < -0.3 is 9.84 Å². The van der Waals surface area contributed by atoms with Crippen molar-refractivity contribution in [2.45, 2.75) is 31.1 Å². The summed E-state index contributed by atoms with van der Waals surface area (Å²) in [6.07, 6.45) is 0.610. The molecule has 0 spiro atoms. The number of halogens is 3. The lowest BCUT2D eigenvalue weighted by molar-refractivity contribution is -0.124. The topological polar surface area (TPSA) is 68.0 Å². The van der Waals surface area contributed by atoms with Gasteiger partial charge in [0.1, 0.15) is 5.82 Å². The fourth-order valence-electron chi connectivity index (χ4n) is 2.55. The zero-order chi connectivity index (χ0) is 16.7. The lowest BCUT2D eigenvalue weighted by atomic mass is 9.80. The van der Waals surface area contributed by atoms with Crippen LogP contribution in [-0.2, 0) is 16.1 Å². The molecule has 1 fully saturated rings. The van der Waals surface area contributed by atoms with Crippen molar-refractivity contribution in [3.63, 3.8) is 0 Å². The zero-order valence-electron chi connectivity index (χ0n) is 12.3. The molecule has 1 aliphatic heterocycles. The number of hydrogen-bond donors (Lipinski definition) is 1. The smallest absolute Gasteiger partial charge is 0.335 e. The van der Waals surface area contributed by atoms with Crippen molar-refractivity contribution < 1.29 is 22.5 Å². The normalized spacial score (nSPS) is 22.0. The predicted molar refractivity (Wildman–Crippen MR) is 73.3 cm³/mol. The van der Waals surface area contributed by atoms with Crippen LogP contribution >= 0.6 is 0 Å². The maximum absolute atomic E-state index is 14.4. The Morgan fingerprint density at radius 1 is 1.30 bits per heavy atom. The molecule has 1 aromatic heterocycles. The van der Waals surface area contributed by atoms with Gasteiger partial charge in [0.15, 0.2) is 0 Å². The van der Waals surface area contributed by atoms with E-state index in [2.05, 4.69) is 15.5 Å². The highest BCUT2D eigenvalue weighted by atomic mass is 19.3. The van der Waals surface area contributed by atoms with Crippen LogP contribution < -0.4 is 5.32 Å². The second-order valence-corrected chi connectivity index (χ2v) is 5.84. The Kier molecular flexibility index (Phi) is 3.62. The minimum atomic E-state index is -3.51. The van der Waals surface area contributed by atoms with Crippen LogP contribution in [0.3, 0.4) is 0 Å². The van der Waals surface area contributed by atoms with Gasteiger partial charge in [0, 0.05) is 18.5 Å². The molecule has 0 aliphatic carbocycles. The van der Waals surface area contributed by atoms with E-state index < -0.39 is 28.5 Å². The van der Waals surface area contributed by atoms with E-state index in [0.717, 1.165) is 24.3 Å². The minimum Gasteiger partial charge on any atom is -0.356 e. The van der Waals surface area contributed by atoms with Crippen molar-refractivity contribution in [3.05, 3.63) is 47.4 Å². The number of alkyl halides is 2. The highest BCUT2D eigenvalue weighted by Crippen LogP contribution is 2.37. The third kappa shape index (κ3) is 2.80. The summed E-state index contributed by atoms with van der Waals surface area (Å²) in [4.78, 5) is 15.3. The van der Waals surface area contributed by atoms with E-state index in [-0.39, 0.29) is 18.2 Å². The van der Waals surface area contributed by atoms with E-state index >= 15 is 0 Å². The molecule has 3 rings (SSSR count). The van der Waals surface area contributed by atoms with Gasteiger partial charge >= 0.3 is 5.92 Å². The number of aromatic nitrogens is 2. The summed E-state index contributed by atoms with van der Waals surface area (Å²) in [5.41, 5.74) is -1.20. The molecule has 1 aromatic carbocycles. The first-order chi connectivity index (χ1) is 10.8. The van der Waals surface area contributed by atoms with Crippen molar-refractivity contribution in [2.75, 3.05) is 6.54 Å². The molecule has 122 valence electrons. The van der Waals surface area contributed by atoms with Crippen LogP contribution in [0, 0.1) is 5.82 Å². The summed E-state index contributed by atoms with van der Waals surface area (Å²) in [5, 5.41) is 6.03. The van der Waals surface area contributed by atoms with Gasteiger partial charge in [0.05, 0.1) is 5.41 Å². The van der Waals surface area contributed by atoms with E-state index in [1.165, 1.54) is 0 Å². The summed E-state index contributed by atoms with van der Waals surface area (Å²) in [6, 6.07) is 3.83. The molecule has 0 unspecified atom stereocenters. The van der Waals surface area contributed by atoms with Crippen molar-refractivity contribution in [1.29, 1.82) is 0 Å². The van der Waals surface area contributed by atoms with Gasteiger partial charge in [-0.2, -0.15) is 13.8 Å². The SMILES string of the molecule is C[C@]1(c2nc(C(F)(F)c3ccc(F)cc3)no2)CCNC(=O)C1. The van der Waals surface area contributed by atoms with Crippen molar-refractivity contribution in [1.82, 2.24) is 15.5 Å². The number of amides is 1. The molecule has 0 saturated carbocycles. The number of piperidine rings is 1.